The summed E-state index contributed by atoms with van der Waals surface area (Å²) in [6.07, 6.45) is 4.41. The lowest BCUT2D eigenvalue weighted by atomic mass is 9.78. The van der Waals surface area contributed by atoms with Crippen molar-refractivity contribution < 1.29 is 9.59 Å². The Morgan fingerprint density at radius 2 is 2.20 bits per heavy atom. The third kappa shape index (κ3) is 2.81. The van der Waals surface area contributed by atoms with Crippen molar-refractivity contribution in [1.29, 1.82) is 0 Å². The Labute approximate surface area is 121 Å². The molecule has 2 aliphatic rings. The highest BCUT2D eigenvalue weighted by molar-refractivity contribution is 5.86. The summed E-state index contributed by atoms with van der Waals surface area (Å²) in [7, 11) is 0. The predicted octanol–water partition coefficient (Wildman–Crippen LogP) is 1.60. The molecule has 0 saturated carbocycles. The van der Waals surface area contributed by atoms with Crippen LogP contribution in [-0.4, -0.2) is 54.0 Å². The van der Waals surface area contributed by atoms with Crippen LogP contribution in [0.5, 0.6) is 0 Å². The van der Waals surface area contributed by atoms with Crippen LogP contribution in [0.1, 0.15) is 33.1 Å². The topological polar surface area (TPSA) is 52.6 Å². The van der Waals surface area contributed by atoms with Gasteiger partial charge in [0.1, 0.15) is 0 Å². The molecule has 5 heteroatoms. The molecule has 2 saturated heterocycles. The van der Waals surface area contributed by atoms with Crippen molar-refractivity contribution in [2.75, 3.05) is 26.2 Å². The van der Waals surface area contributed by atoms with Crippen LogP contribution in [0, 0.1) is 5.41 Å². The van der Waals surface area contributed by atoms with Crippen LogP contribution in [0.3, 0.4) is 0 Å². The van der Waals surface area contributed by atoms with Gasteiger partial charge >= 0.3 is 6.03 Å². The molecule has 0 aliphatic carbocycles. The number of urea groups is 1. The highest BCUT2D eigenvalue weighted by Gasteiger charge is 2.49. The third-order valence-corrected chi connectivity index (χ3v) is 4.23. The van der Waals surface area contributed by atoms with Crippen LogP contribution in [0.2, 0.25) is 0 Å². The number of nitrogens with one attached hydrogen (secondary N) is 1. The summed E-state index contributed by atoms with van der Waals surface area (Å²) in [5, 5.41) is 2.92. The number of hydrogen-bond donors (Lipinski definition) is 1. The summed E-state index contributed by atoms with van der Waals surface area (Å²) < 4.78 is 0. The first-order valence-corrected chi connectivity index (χ1v) is 7.44. The van der Waals surface area contributed by atoms with Crippen LogP contribution >= 0.6 is 0 Å². The Hall–Kier alpha value is -1.52. The predicted molar refractivity (Wildman–Crippen MR) is 78.3 cm³/mol. The van der Waals surface area contributed by atoms with Crippen LogP contribution in [0.15, 0.2) is 12.7 Å². The molecule has 5 nitrogen and oxygen atoms in total. The van der Waals surface area contributed by atoms with E-state index in [1.165, 1.54) is 0 Å². The number of carbonyl (C=O) groups is 2. The van der Waals surface area contributed by atoms with Crippen LogP contribution in [0.4, 0.5) is 4.79 Å². The molecule has 2 heterocycles. The van der Waals surface area contributed by atoms with Crippen molar-refractivity contribution in [3.05, 3.63) is 12.7 Å². The minimum absolute atomic E-state index is 0.0472. The molecule has 2 fully saturated rings. The lowest BCUT2D eigenvalue weighted by Gasteiger charge is -2.39. The van der Waals surface area contributed by atoms with Crippen molar-refractivity contribution in [3.8, 4) is 0 Å². The SMILES string of the molecule is C=CCN1CC[C@@]2(CCCN(C(=O)NC(C)C)C2)C1=O. The van der Waals surface area contributed by atoms with Gasteiger partial charge in [0.2, 0.25) is 5.91 Å². The van der Waals surface area contributed by atoms with E-state index in [0.717, 1.165) is 32.4 Å². The van der Waals surface area contributed by atoms with E-state index >= 15 is 0 Å². The maximum atomic E-state index is 12.6. The molecule has 1 N–H and O–H groups in total. The van der Waals surface area contributed by atoms with E-state index in [2.05, 4.69) is 11.9 Å². The van der Waals surface area contributed by atoms with Crippen molar-refractivity contribution in [3.63, 3.8) is 0 Å². The second-order valence-electron chi connectivity index (χ2n) is 6.20. The molecule has 1 spiro atoms. The Morgan fingerprint density at radius 1 is 1.45 bits per heavy atom. The molecule has 112 valence electrons. The van der Waals surface area contributed by atoms with E-state index in [9.17, 15) is 9.59 Å². The highest BCUT2D eigenvalue weighted by Crippen LogP contribution is 2.40. The summed E-state index contributed by atoms with van der Waals surface area (Å²) in [4.78, 5) is 28.4. The van der Waals surface area contributed by atoms with Crippen molar-refractivity contribution in [2.24, 2.45) is 5.41 Å². The van der Waals surface area contributed by atoms with Gasteiger partial charge in [0.05, 0.1) is 5.41 Å². The first kappa shape index (κ1) is 14.9. The normalized spacial score (nSPS) is 26.4. The van der Waals surface area contributed by atoms with Gasteiger partial charge in [0, 0.05) is 32.2 Å². The zero-order valence-electron chi connectivity index (χ0n) is 12.5. The van der Waals surface area contributed by atoms with E-state index < -0.39 is 0 Å². The van der Waals surface area contributed by atoms with Gasteiger partial charge in [0.15, 0.2) is 0 Å². The standard InChI is InChI=1S/C15H25N3O2/c1-4-8-17-10-7-15(13(17)19)6-5-9-18(11-15)14(20)16-12(2)3/h4,12H,1,5-11H2,2-3H3,(H,16,20)/t15-/m1/s1. The van der Waals surface area contributed by atoms with E-state index in [1.54, 1.807) is 11.0 Å². The molecule has 3 amide bonds. The first-order chi connectivity index (χ1) is 9.48. The average molecular weight is 279 g/mol. The zero-order valence-corrected chi connectivity index (χ0v) is 12.5. The fourth-order valence-electron chi connectivity index (χ4n) is 3.24. The summed E-state index contributed by atoms with van der Waals surface area (Å²) in [5.41, 5.74) is -0.352. The van der Waals surface area contributed by atoms with Gasteiger partial charge in [-0.15, -0.1) is 6.58 Å². The van der Waals surface area contributed by atoms with Crippen molar-refractivity contribution in [1.82, 2.24) is 15.1 Å². The number of nitrogens with zero attached hydrogens (tertiary/aromatic N) is 2. The summed E-state index contributed by atoms with van der Waals surface area (Å²) >= 11 is 0. The monoisotopic (exact) mass is 279 g/mol. The first-order valence-electron chi connectivity index (χ1n) is 7.44. The van der Waals surface area contributed by atoms with Crippen LogP contribution < -0.4 is 5.32 Å². The van der Waals surface area contributed by atoms with Gasteiger partial charge in [-0.1, -0.05) is 6.08 Å². The summed E-state index contributed by atoms with van der Waals surface area (Å²) in [6.45, 7) is 10.3. The number of hydrogen-bond acceptors (Lipinski definition) is 2. The molecule has 0 aromatic carbocycles. The Balaban J connectivity index is 2.05. The molecule has 0 aromatic rings. The molecule has 0 aromatic heterocycles. The minimum Gasteiger partial charge on any atom is -0.338 e. The number of rotatable bonds is 3. The van der Waals surface area contributed by atoms with Crippen LogP contribution in [-0.2, 0) is 4.79 Å². The number of piperidine rings is 1. The quantitative estimate of drug-likeness (QED) is 0.798. The molecule has 2 aliphatic heterocycles. The van der Waals surface area contributed by atoms with Gasteiger partial charge in [-0.05, 0) is 33.1 Å². The van der Waals surface area contributed by atoms with Crippen molar-refractivity contribution >= 4 is 11.9 Å². The Morgan fingerprint density at radius 3 is 2.85 bits per heavy atom. The lowest BCUT2D eigenvalue weighted by Crippen LogP contribution is -2.53. The summed E-state index contributed by atoms with van der Waals surface area (Å²) in [5.74, 6) is 0.194. The van der Waals surface area contributed by atoms with E-state index in [0.29, 0.717) is 13.1 Å². The zero-order chi connectivity index (χ0) is 14.8. The highest BCUT2D eigenvalue weighted by atomic mass is 16.2. The fraction of sp³-hybridized carbons (Fsp3) is 0.733. The summed E-state index contributed by atoms with van der Waals surface area (Å²) in [6, 6.07) is 0.0750. The molecule has 20 heavy (non-hydrogen) atoms. The van der Waals surface area contributed by atoms with E-state index in [1.807, 2.05) is 18.7 Å². The molecule has 0 bridgehead atoms. The maximum absolute atomic E-state index is 12.6. The Kier molecular flexibility index (Phi) is 4.35. The van der Waals surface area contributed by atoms with Gasteiger partial charge in [-0.3, -0.25) is 4.79 Å². The van der Waals surface area contributed by atoms with Gasteiger partial charge in [-0.25, -0.2) is 4.79 Å². The lowest BCUT2D eigenvalue weighted by molar-refractivity contribution is -0.137. The molecular formula is C15H25N3O2. The Bertz CT molecular complexity index is 408. The minimum atomic E-state index is -0.352. The van der Waals surface area contributed by atoms with Gasteiger partial charge < -0.3 is 15.1 Å². The van der Waals surface area contributed by atoms with E-state index in [-0.39, 0.29) is 23.4 Å². The molecule has 2 rings (SSSR count). The second kappa shape index (κ2) is 5.85. The average Bonchev–Trinajstić information content (AvgIpc) is 2.68. The number of likely N-dealkylation sites (tertiary alicyclic amines) is 2. The molecule has 1 atom stereocenters. The van der Waals surface area contributed by atoms with Gasteiger partial charge in [0.25, 0.3) is 0 Å². The fourth-order valence-corrected chi connectivity index (χ4v) is 3.24. The van der Waals surface area contributed by atoms with Crippen molar-refractivity contribution in [2.45, 2.75) is 39.2 Å². The molecule has 0 radical (unpaired) electrons. The van der Waals surface area contributed by atoms with Gasteiger partial charge in [-0.2, -0.15) is 0 Å². The van der Waals surface area contributed by atoms with E-state index in [4.69, 9.17) is 0 Å². The maximum Gasteiger partial charge on any atom is 0.317 e. The van der Waals surface area contributed by atoms with Crippen LogP contribution in [0.25, 0.3) is 0 Å². The number of carbonyl (C=O) groups excluding carboxylic acids is 2. The molecular weight excluding hydrogens is 254 g/mol. The largest absolute Gasteiger partial charge is 0.338 e. The number of amides is 3. The molecule has 0 unspecified atom stereocenters. The third-order valence-electron chi connectivity index (χ3n) is 4.23. The smallest absolute Gasteiger partial charge is 0.317 e. The second-order valence-corrected chi connectivity index (χ2v) is 6.20.